The molecule has 2 aromatic rings. The summed E-state index contributed by atoms with van der Waals surface area (Å²) in [6, 6.07) is 4.86. The summed E-state index contributed by atoms with van der Waals surface area (Å²) in [4.78, 5) is 41.7. The largest absolute Gasteiger partial charge is 0.465 e. The molecule has 4 amide bonds. The maximum Gasteiger partial charge on any atom is 0.407 e. The molecule has 2 fully saturated rings. The van der Waals surface area contributed by atoms with E-state index in [-0.39, 0.29) is 18.2 Å². The molecule has 26 heavy (non-hydrogen) atoms. The molecule has 4 rings (SSSR count). The Balaban J connectivity index is 1.54. The fraction of sp³-hybridized carbons (Fsp3) is 0.412. The average molecular weight is 358 g/mol. The van der Waals surface area contributed by atoms with Gasteiger partial charge in [-0.05, 0) is 25.0 Å². The number of hydrogen-bond donors (Lipinski definition) is 2. The molecule has 0 radical (unpaired) electrons. The monoisotopic (exact) mass is 358 g/mol. The Hall–Kier alpha value is -3.10. The third-order valence-corrected chi connectivity index (χ3v) is 4.87. The number of imide groups is 1. The van der Waals surface area contributed by atoms with Crippen molar-refractivity contribution in [3.05, 3.63) is 24.1 Å². The van der Waals surface area contributed by atoms with Gasteiger partial charge in [0.25, 0.3) is 0 Å². The zero-order valence-corrected chi connectivity index (χ0v) is 14.0. The molecule has 9 nitrogen and oxygen atoms in total. The van der Waals surface area contributed by atoms with E-state index in [9.17, 15) is 14.4 Å². The Morgan fingerprint density at radius 2 is 2.00 bits per heavy atom. The van der Waals surface area contributed by atoms with Gasteiger partial charge in [0, 0.05) is 43.7 Å². The Bertz CT molecular complexity index is 884. The number of likely N-dealkylation sites (tertiary alicyclic amines) is 1. The first-order chi connectivity index (χ1) is 12.5. The molecule has 2 saturated heterocycles. The number of rotatable bonds is 2. The summed E-state index contributed by atoms with van der Waals surface area (Å²) in [7, 11) is 0. The number of piperidine rings is 1. The fourth-order valence-electron chi connectivity index (χ4n) is 3.40. The summed E-state index contributed by atoms with van der Waals surface area (Å²) >= 11 is 0. The standard InChI is InChI=1S/C17H18N4O5/c22-14-5-8-21(16(23)19-14)11-1-2-12-13(9-11)26-15(18-12)10-3-6-20(7-4-10)17(24)25/h1-2,9-10H,3-8H2,(H,24,25)(H,19,22,23). The third-order valence-electron chi connectivity index (χ3n) is 4.87. The van der Waals surface area contributed by atoms with Crippen LogP contribution >= 0.6 is 0 Å². The number of fused-ring (bicyclic) bond motifs is 1. The molecule has 0 spiro atoms. The van der Waals surface area contributed by atoms with Gasteiger partial charge in [0.05, 0.1) is 0 Å². The minimum atomic E-state index is -0.899. The molecule has 0 unspecified atom stereocenters. The van der Waals surface area contributed by atoms with Crippen molar-refractivity contribution in [1.29, 1.82) is 0 Å². The lowest BCUT2D eigenvalue weighted by atomic mass is 9.97. The summed E-state index contributed by atoms with van der Waals surface area (Å²) in [5.74, 6) is 0.403. The highest BCUT2D eigenvalue weighted by Gasteiger charge is 2.28. The average Bonchev–Trinajstić information content (AvgIpc) is 3.05. The van der Waals surface area contributed by atoms with Gasteiger partial charge in [-0.25, -0.2) is 14.6 Å². The van der Waals surface area contributed by atoms with Crippen LogP contribution in [0.3, 0.4) is 0 Å². The molecule has 1 aromatic heterocycles. The van der Waals surface area contributed by atoms with E-state index in [1.54, 1.807) is 18.2 Å². The maximum absolute atomic E-state index is 12.0. The van der Waals surface area contributed by atoms with E-state index in [1.807, 2.05) is 0 Å². The van der Waals surface area contributed by atoms with E-state index in [1.165, 1.54) is 9.80 Å². The van der Waals surface area contributed by atoms with Crippen LogP contribution in [0.15, 0.2) is 22.6 Å². The van der Waals surface area contributed by atoms with Gasteiger partial charge in [-0.2, -0.15) is 0 Å². The molecule has 1 aromatic carbocycles. The second-order valence-corrected chi connectivity index (χ2v) is 6.50. The van der Waals surface area contributed by atoms with Gasteiger partial charge in [-0.3, -0.25) is 15.0 Å². The SMILES string of the molecule is O=C1CCN(c2ccc3nc(C4CCN(C(=O)O)CC4)oc3c2)C(=O)N1. The number of anilines is 1. The number of benzene rings is 1. The minimum absolute atomic E-state index is 0.0809. The number of urea groups is 1. The van der Waals surface area contributed by atoms with Crippen LogP contribution in [0.25, 0.3) is 11.1 Å². The molecule has 9 heteroatoms. The predicted octanol–water partition coefficient (Wildman–Crippen LogP) is 2.13. The Morgan fingerprint density at radius 1 is 1.23 bits per heavy atom. The van der Waals surface area contributed by atoms with Crippen molar-refractivity contribution in [3.8, 4) is 0 Å². The van der Waals surface area contributed by atoms with Crippen LogP contribution in [0, 0.1) is 0 Å². The minimum Gasteiger partial charge on any atom is -0.465 e. The van der Waals surface area contributed by atoms with E-state index in [0.717, 1.165) is 0 Å². The molecule has 2 aliphatic rings. The van der Waals surface area contributed by atoms with E-state index < -0.39 is 12.1 Å². The first-order valence-corrected chi connectivity index (χ1v) is 8.51. The normalized spacial score (nSPS) is 19.1. The molecule has 136 valence electrons. The lowest BCUT2D eigenvalue weighted by Crippen LogP contribution is -2.49. The lowest BCUT2D eigenvalue weighted by molar-refractivity contribution is -0.120. The number of aromatic nitrogens is 1. The molecule has 0 saturated carbocycles. The van der Waals surface area contributed by atoms with E-state index in [2.05, 4.69) is 10.3 Å². The zero-order valence-electron chi connectivity index (χ0n) is 14.0. The van der Waals surface area contributed by atoms with Gasteiger partial charge in [-0.15, -0.1) is 0 Å². The molecule has 2 N–H and O–H groups in total. The maximum atomic E-state index is 12.0. The van der Waals surface area contributed by atoms with Crippen molar-refractivity contribution in [2.45, 2.75) is 25.2 Å². The fourth-order valence-corrected chi connectivity index (χ4v) is 3.40. The van der Waals surface area contributed by atoms with E-state index >= 15 is 0 Å². The Morgan fingerprint density at radius 3 is 2.69 bits per heavy atom. The van der Waals surface area contributed by atoms with Gasteiger partial charge < -0.3 is 14.4 Å². The van der Waals surface area contributed by atoms with Crippen molar-refractivity contribution >= 4 is 34.8 Å². The molecule has 3 heterocycles. The van der Waals surface area contributed by atoms with Crippen molar-refractivity contribution in [1.82, 2.24) is 15.2 Å². The van der Waals surface area contributed by atoms with Gasteiger partial charge in [-0.1, -0.05) is 0 Å². The second kappa shape index (κ2) is 6.32. The molecule has 2 aliphatic heterocycles. The van der Waals surface area contributed by atoms with Crippen molar-refractivity contribution in [3.63, 3.8) is 0 Å². The number of oxazole rings is 1. The highest BCUT2D eigenvalue weighted by Crippen LogP contribution is 2.31. The first-order valence-electron chi connectivity index (χ1n) is 8.51. The van der Waals surface area contributed by atoms with Crippen molar-refractivity contribution < 1.29 is 23.9 Å². The Kier molecular flexibility index (Phi) is 3.98. The smallest absolute Gasteiger partial charge is 0.407 e. The summed E-state index contributed by atoms with van der Waals surface area (Å²) < 4.78 is 5.89. The Labute approximate surface area is 148 Å². The number of hydrogen-bond acceptors (Lipinski definition) is 5. The van der Waals surface area contributed by atoms with Crippen molar-refractivity contribution in [2.75, 3.05) is 24.5 Å². The predicted molar refractivity (Wildman–Crippen MR) is 91.1 cm³/mol. The quantitative estimate of drug-likeness (QED) is 0.849. The summed E-state index contributed by atoms with van der Waals surface area (Å²) in [5, 5.41) is 11.3. The number of nitrogens with zero attached hydrogens (tertiary/aromatic N) is 3. The van der Waals surface area contributed by atoms with Crippen molar-refractivity contribution in [2.24, 2.45) is 0 Å². The van der Waals surface area contributed by atoms with Gasteiger partial charge in [0.15, 0.2) is 11.5 Å². The first kappa shape index (κ1) is 16.4. The van der Waals surface area contributed by atoms with Gasteiger partial charge >= 0.3 is 12.1 Å². The number of carbonyl (C=O) groups is 3. The molecule has 0 atom stereocenters. The van der Waals surface area contributed by atoms with Gasteiger partial charge in [0.1, 0.15) is 5.52 Å². The third kappa shape index (κ3) is 2.96. The van der Waals surface area contributed by atoms with E-state index in [4.69, 9.17) is 9.52 Å². The van der Waals surface area contributed by atoms with Crippen LogP contribution in [0.2, 0.25) is 0 Å². The number of amides is 4. The molecular weight excluding hydrogens is 340 g/mol. The number of carboxylic acid groups (broad SMARTS) is 1. The summed E-state index contributed by atoms with van der Waals surface area (Å²) in [6.45, 7) is 1.25. The molecular formula is C17H18N4O5. The number of nitrogens with one attached hydrogen (secondary N) is 1. The van der Waals surface area contributed by atoms with Gasteiger partial charge in [0.2, 0.25) is 5.91 Å². The second-order valence-electron chi connectivity index (χ2n) is 6.50. The molecule has 0 bridgehead atoms. The summed E-state index contributed by atoms with van der Waals surface area (Å²) in [5.41, 5.74) is 1.91. The highest BCUT2D eigenvalue weighted by atomic mass is 16.4. The topological polar surface area (TPSA) is 116 Å². The van der Waals surface area contributed by atoms with Crippen LogP contribution in [0.5, 0.6) is 0 Å². The van der Waals surface area contributed by atoms with Crippen LogP contribution in [-0.4, -0.2) is 52.7 Å². The van der Waals surface area contributed by atoms with Crippen LogP contribution < -0.4 is 10.2 Å². The van der Waals surface area contributed by atoms with Crippen LogP contribution in [0.1, 0.15) is 31.1 Å². The zero-order chi connectivity index (χ0) is 18.3. The number of carbonyl (C=O) groups excluding carboxylic acids is 2. The van der Waals surface area contributed by atoms with E-state index in [0.29, 0.717) is 55.2 Å². The lowest BCUT2D eigenvalue weighted by Gasteiger charge is -2.28. The highest BCUT2D eigenvalue weighted by molar-refractivity contribution is 6.06. The van der Waals surface area contributed by atoms with Crippen LogP contribution in [-0.2, 0) is 4.79 Å². The summed E-state index contributed by atoms with van der Waals surface area (Å²) in [6.07, 6.45) is 0.697. The van der Waals surface area contributed by atoms with Crippen LogP contribution in [0.4, 0.5) is 15.3 Å². The molecule has 0 aliphatic carbocycles.